The van der Waals surface area contributed by atoms with Crippen molar-refractivity contribution in [1.82, 2.24) is 19.5 Å². The Labute approximate surface area is 82.0 Å². The smallest absolute Gasteiger partial charge is 0.183 e. The molecule has 0 amide bonds. The standard InChI is InChI=1S/C9H13N5/c1-3-4-6-12-8(10)7-9(13-6)11-5-14(7)2/h5H,3-4H2,1-2H3,(H2,10,12,13). The summed E-state index contributed by atoms with van der Waals surface area (Å²) in [5.41, 5.74) is 7.31. The highest BCUT2D eigenvalue weighted by molar-refractivity contribution is 5.81. The first-order valence-corrected chi connectivity index (χ1v) is 4.65. The maximum atomic E-state index is 5.82. The molecule has 2 N–H and O–H groups in total. The molecule has 0 radical (unpaired) electrons. The van der Waals surface area contributed by atoms with Crippen molar-refractivity contribution < 1.29 is 0 Å². The van der Waals surface area contributed by atoms with Gasteiger partial charge >= 0.3 is 0 Å². The molecular weight excluding hydrogens is 178 g/mol. The predicted octanol–water partition coefficient (Wildman–Crippen LogP) is 0.898. The average molecular weight is 191 g/mol. The summed E-state index contributed by atoms with van der Waals surface area (Å²) < 4.78 is 1.83. The van der Waals surface area contributed by atoms with Gasteiger partial charge in [0.15, 0.2) is 11.5 Å². The van der Waals surface area contributed by atoms with Crippen molar-refractivity contribution in [3.05, 3.63) is 12.2 Å². The Hall–Kier alpha value is -1.65. The van der Waals surface area contributed by atoms with Crippen LogP contribution < -0.4 is 5.73 Å². The number of rotatable bonds is 2. The molecule has 5 heteroatoms. The third-order valence-corrected chi connectivity index (χ3v) is 2.12. The fraction of sp³-hybridized carbons (Fsp3) is 0.444. The quantitative estimate of drug-likeness (QED) is 0.765. The highest BCUT2D eigenvalue weighted by Crippen LogP contribution is 2.15. The van der Waals surface area contributed by atoms with E-state index in [0.717, 1.165) is 24.2 Å². The normalized spacial score (nSPS) is 11.0. The summed E-state index contributed by atoms with van der Waals surface area (Å²) in [6.07, 6.45) is 3.56. The van der Waals surface area contributed by atoms with Gasteiger partial charge < -0.3 is 10.3 Å². The SMILES string of the molecule is CCCc1nc(N)c2c(ncn2C)n1. The third kappa shape index (κ3) is 1.30. The molecule has 74 valence electrons. The zero-order chi connectivity index (χ0) is 10.1. The number of nitrogen functional groups attached to an aromatic ring is 1. The van der Waals surface area contributed by atoms with Crippen molar-refractivity contribution in [2.75, 3.05) is 5.73 Å². The monoisotopic (exact) mass is 191 g/mol. The molecular formula is C9H13N5. The van der Waals surface area contributed by atoms with Crippen molar-refractivity contribution in [3.63, 3.8) is 0 Å². The molecule has 2 aromatic heterocycles. The van der Waals surface area contributed by atoms with Crippen molar-refractivity contribution in [2.24, 2.45) is 7.05 Å². The summed E-state index contributed by atoms with van der Waals surface area (Å²) >= 11 is 0. The maximum absolute atomic E-state index is 5.82. The van der Waals surface area contributed by atoms with Crippen LogP contribution in [0, 0.1) is 0 Å². The van der Waals surface area contributed by atoms with Crippen LogP contribution in [0.3, 0.4) is 0 Å². The number of anilines is 1. The van der Waals surface area contributed by atoms with Crippen molar-refractivity contribution in [3.8, 4) is 0 Å². The van der Waals surface area contributed by atoms with Gasteiger partial charge in [-0.05, 0) is 6.42 Å². The number of nitrogens with two attached hydrogens (primary N) is 1. The van der Waals surface area contributed by atoms with Gasteiger partial charge in [0.05, 0.1) is 6.33 Å². The van der Waals surface area contributed by atoms with E-state index in [1.807, 2.05) is 11.6 Å². The molecule has 0 spiro atoms. The van der Waals surface area contributed by atoms with Crippen LogP contribution in [0.5, 0.6) is 0 Å². The minimum atomic E-state index is 0.512. The summed E-state index contributed by atoms with van der Waals surface area (Å²) in [6, 6.07) is 0. The van der Waals surface area contributed by atoms with Crippen LogP contribution in [0.2, 0.25) is 0 Å². The van der Waals surface area contributed by atoms with Crippen molar-refractivity contribution >= 4 is 17.0 Å². The van der Waals surface area contributed by atoms with E-state index in [1.54, 1.807) is 6.33 Å². The lowest BCUT2D eigenvalue weighted by molar-refractivity contribution is 0.843. The topological polar surface area (TPSA) is 69.6 Å². The first-order valence-electron chi connectivity index (χ1n) is 4.65. The zero-order valence-corrected chi connectivity index (χ0v) is 8.36. The van der Waals surface area contributed by atoms with E-state index in [-0.39, 0.29) is 0 Å². The van der Waals surface area contributed by atoms with E-state index in [4.69, 9.17) is 5.73 Å². The minimum absolute atomic E-state index is 0.512. The molecule has 0 fully saturated rings. The first kappa shape index (κ1) is 8.93. The van der Waals surface area contributed by atoms with Crippen molar-refractivity contribution in [1.29, 1.82) is 0 Å². The van der Waals surface area contributed by atoms with Gasteiger partial charge in [-0.2, -0.15) is 0 Å². The fourth-order valence-electron chi connectivity index (χ4n) is 1.47. The molecule has 2 aromatic rings. The lowest BCUT2D eigenvalue weighted by Crippen LogP contribution is -2.02. The van der Waals surface area contributed by atoms with Gasteiger partial charge in [0.1, 0.15) is 11.3 Å². The Morgan fingerprint density at radius 2 is 2.21 bits per heavy atom. The zero-order valence-electron chi connectivity index (χ0n) is 8.36. The van der Waals surface area contributed by atoms with Crippen LogP contribution in [0.15, 0.2) is 6.33 Å². The van der Waals surface area contributed by atoms with Gasteiger partial charge in [-0.1, -0.05) is 6.92 Å². The Kier molecular flexibility index (Phi) is 2.07. The molecule has 0 aliphatic heterocycles. The number of hydrogen-bond donors (Lipinski definition) is 1. The Bertz CT molecular complexity index is 459. The molecule has 0 saturated carbocycles. The van der Waals surface area contributed by atoms with E-state index >= 15 is 0 Å². The number of hydrogen-bond acceptors (Lipinski definition) is 4. The Morgan fingerprint density at radius 1 is 1.43 bits per heavy atom. The van der Waals surface area contributed by atoms with Gasteiger partial charge in [0, 0.05) is 13.5 Å². The van der Waals surface area contributed by atoms with E-state index in [2.05, 4.69) is 21.9 Å². The Morgan fingerprint density at radius 3 is 2.93 bits per heavy atom. The highest BCUT2D eigenvalue weighted by atomic mass is 15.1. The molecule has 5 nitrogen and oxygen atoms in total. The summed E-state index contributed by atoms with van der Waals surface area (Å²) in [7, 11) is 1.88. The minimum Gasteiger partial charge on any atom is -0.382 e. The fourth-order valence-corrected chi connectivity index (χ4v) is 1.47. The number of aryl methyl sites for hydroxylation is 2. The number of aromatic nitrogens is 4. The third-order valence-electron chi connectivity index (χ3n) is 2.12. The highest BCUT2D eigenvalue weighted by Gasteiger charge is 2.08. The molecule has 0 aliphatic rings. The number of imidazole rings is 1. The van der Waals surface area contributed by atoms with E-state index in [0.29, 0.717) is 11.5 Å². The van der Waals surface area contributed by atoms with Gasteiger partial charge in [0.25, 0.3) is 0 Å². The molecule has 0 saturated heterocycles. The van der Waals surface area contributed by atoms with E-state index < -0.39 is 0 Å². The second-order valence-electron chi connectivity index (χ2n) is 3.30. The second-order valence-corrected chi connectivity index (χ2v) is 3.30. The van der Waals surface area contributed by atoms with Crippen LogP contribution >= 0.6 is 0 Å². The average Bonchev–Trinajstić information content (AvgIpc) is 2.48. The second kappa shape index (κ2) is 3.25. The van der Waals surface area contributed by atoms with Crippen molar-refractivity contribution in [2.45, 2.75) is 19.8 Å². The van der Waals surface area contributed by atoms with Crippen LogP contribution in [-0.2, 0) is 13.5 Å². The molecule has 2 heterocycles. The summed E-state index contributed by atoms with van der Waals surface area (Å²) in [5.74, 6) is 1.29. The Balaban J connectivity index is 2.62. The predicted molar refractivity (Wildman–Crippen MR) is 54.7 cm³/mol. The molecule has 14 heavy (non-hydrogen) atoms. The summed E-state index contributed by atoms with van der Waals surface area (Å²) in [6.45, 7) is 2.09. The van der Waals surface area contributed by atoms with Crippen LogP contribution in [0.25, 0.3) is 11.2 Å². The molecule has 0 bridgehead atoms. The largest absolute Gasteiger partial charge is 0.382 e. The van der Waals surface area contributed by atoms with Gasteiger partial charge in [-0.3, -0.25) is 0 Å². The molecule has 0 aliphatic carbocycles. The summed E-state index contributed by atoms with van der Waals surface area (Å²) in [5, 5.41) is 0. The molecule has 0 aromatic carbocycles. The molecule has 0 atom stereocenters. The van der Waals surface area contributed by atoms with Crippen LogP contribution in [-0.4, -0.2) is 19.5 Å². The molecule has 0 unspecified atom stereocenters. The number of fused-ring (bicyclic) bond motifs is 1. The lowest BCUT2D eigenvalue weighted by atomic mass is 10.3. The lowest BCUT2D eigenvalue weighted by Gasteiger charge is -2.01. The van der Waals surface area contributed by atoms with E-state index in [1.165, 1.54) is 0 Å². The number of nitrogens with zero attached hydrogens (tertiary/aromatic N) is 4. The molecule has 2 rings (SSSR count). The maximum Gasteiger partial charge on any atom is 0.183 e. The van der Waals surface area contributed by atoms with Gasteiger partial charge in [-0.15, -0.1) is 0 Å². The van der Waals surface area contributed by atoms with Crippen LogP contribution in [0.1, 0.15) is 19.2 Å². The van der Waals surface area contributed by atoms with Crippen LogP contribution in [0.4, 0.5) is 5.82 Å². The van der Waals surface area contributed by atoms with Gasteiger partial charge in [-0.25, -0.2) is 15.0 Å². The van der Waals surface area contributed by atoms with E-state index in [9.17, 15) is 0 Å². The van der Waals surface area contributed by atoms with Gasteiger partial charge in [0.2, 0.25) is 0 Å². The first-order chi connectivity index (χ1) is 6.72. The summed E-state index contributed by atoms with van der Waals surface area (Å²) in [4.78, 5) is 12.7.